The van der Waals surface area contributed by atoms with E-state index in [1.54, 1.807) is 0 Å². The molecule has 3 heteroatoms. The minimum Gasteiger partial charge on any atom is -0.313 e. The molecule has 1 rings (SSSR count). The number of nitrogens with one attached hydrogen (secondary N) is 1. The average Bonchev–Trinajstić information content (AvgIpc) is 2.82. The minimum absolute atomic E-state index is 0.779. The molecular weight excluding hydrogens is 222 g/mol. The van der Waals surface area contributed by atoms with Gasteiger partial charge in [0.25, 0.3) is 0 Å². The number of hydrogen-bond acceptors (Lipinski definition) is 2. The van der Waals surface area contributed by atoms with Gasteiger partial charge in [0.1, 0.15) is 0 Å². The molecule has 0 aliphatic carbocycles. The molecule has 0 aliphatic rings. The van der Waals surface area contributed by atoms with E-state index in [4.69, 9.17) is 0 Å². The van der Waals surface area contributed by atoms with Gasteiger partial charge < -0.3 is 5.32 Å². The van der Waals surface area contributed by atoms with Crippen molar-refractivity contribution in [3.63, 3.8) is 0 Å². The Balaban J connectivity index is 2.36. The summed E-state index contributed by atoms with van der Waals surface area (Å²) >= 11 is 0. The molecule has 0 amide bonds. The molecule has 0 aromatic carbocycles. The van der Waals surface area contributed by atoms with Crippen molar-refractivity contribution < 1.29 is 0 Å². The van der Waals surface area contributed by atoms with Crippen LogP contribution in [-0.4, -0.2) is 16.3 Å². The third-order valence-corrected chi connectivity index (χ3v) is 3.43. The molecule has 1 unspecified atom stereocenters. The van der Waals surface area contributed by atoms with Gasteiger partial charge in [0, 0.05) is 24.8 Å². The molecule has 0 aliphatic heterocycles. The number of hydrogen-bond donors (Lipinski definition) is 1. The Kier molecular flexibility index (Phi) is 7.74. The van der Waals surface area contributed by atoms with Crippen LogP contribution in [0.25, 0.3) is 0 Å². The van der Waals surface area contributed by atoms with Crippen molar-refractivity contribution in [2.75, 3.05) is 6.54 Å². The molecule has 18 heavy (non-hydrogen) atoms. The second-order valence-corrected chi connectivity index (χ2v) is 5.16. The first kappa shape index (κ1) is 15.2. The summed E-state index contributed by atoms with van der Waals surface area (Å²) in [6.45, 7) is 9.84. The molecule has 0 fully saturated rings. The fourth-order valence-corrected chi connectivity index (χ4v) is 2.19. The Morgan fingerprint density at radius 1 is 1.28 bits per heavy atom. The van der Waals surface area contributed by atoms with Gasteiger partial charge in [-0.1, -0.05) is 40.0 Å². The molecule has 0 spiro atoms. The summed E-state index contributed by atoms with van der Waals surface area (Å²) in [5.41, 5.74) is 1.30. The highest BCUT2D eigenvalue weighted by Crippen LogP contribution is 2.15. The lowest BCUT2D eigenvalue weighted by molar-refractivity contribution is 0.372. The third-order valence-electron chi connectivity index (χ3n) is 3.43. The zero-order valence-corrected chi connectivity index (χ0v) is 12.3. The van der Waals surface area contributed by atoms with Crippen molar-refractivity contribution >= 4 is 0 Å². The van der Waals surface area contributed by atoms with Crippen molar-refractivity contribution in [3.05, 3.63) is 18.0 Å². The Bertz CT molecular complexity index is 306. The molecule has 1 aromatic heterocycles. The summed E-state index contributed by atoms with van der Waals surface area (Å²) in [4.78, 5) is 0. The smallest absolute Gasteiger partial charge is 0.0534 e. The fourth-order valence-electron chi connectivity index (χ4n) is 2.19. The van der Waals surface area contributed by atoms with E-state index >= 15 is 0 Å². The van der Waals surface area contributed by atoms with Gasteiger partial charge in [0.05, 0.1) is 6.20 Å². The summed E-state index contributed by atoms with van der Waals surface area (Å²) in [6, 6.07) is 0. The van der Waals surface area contributed by atoms with Crippen LogP contribution in [0.4, 0.5) is 0 Å². The van der Waals surface area contributed by atoms with Crippen LogP contribution < -0.4 is 5.32 Å². The minimum atomic E-state index is 0.779. The molecule has 104 valence electrons. The molecule has 1 aromatic rings. The number of rotatable bonds is 10. The van der Waals surface area contributed by atoms with Gasteiger partial charge in [-0.05, 0) is 25.3 Å². The molecule has 1 N–H and O–H groups in total. The van der Waals surface area contributed by atoms with Gasteiger partial charge in [-0.25, -0.2) is 0 Å². The van der Waals surface area contributed by atoms with Crippen LogP contribution in [0.15, 0.2) is 12.4 Å². The van der Waals surface area contributed by atoms with E-state index in [0.29, 0.717) is 0 Å². The van der Waals surface area contributed by atoms with Crippen LogP contribution in [-0.2, 0) is 13.1 Å². The Morgan fingerprint density at radius 2 is 2.11 bits per heavy atom. The normalized spacial score (nSPS) is 12.8. The number of unbranched alkanes of at least 4 members (excludes halogenated alkanes) is 1. The second kappa shape index (κ2) is 9.15. The Labute approximate surface area is 112 Å². The lowest BCUT2D eigenvalue weighted by Crippen LogP contribution is -2.13. The zero-order chi connectivity index (χ0) is 13.2. The van der Waals surface area contributed by atoms with Crippen LogP contribution in [0.2, 0.25) is 0 Å². The highest BCUT2D eigenvalue weighted by atomic mass is 15.3. The molecule has 3 nitrogen and oxygen atoms in total. The van der Waals surface area contributed by atoms with Crippen molar-refractivity contribution in [2.24, 2.45) is 5.92 Å². The molecule has 0 saturated heterocycles. The lowest BCUT2D eigenvalue weighted by Gasteiger charge is -2.14. The first-order valence-corrected chi connectivity index (χ1v) is 7.52. The maximum Gasteiger partial charge on any atom is 0.0534 e. The van der Waals surface area contributed by atoms with Crippen molar-refractivity contribution in [2.45, 2.75) is 66.0 Å². The molecule has 1 heterocycles. The van der Waals surface area contributed by atoms with E-state index in [2.05, 4.69) is 42.1 Å². The molecule has 0 bridgehead atoms. The lowest BCUT2D eigenvalue weighted by atomic mass is 9.99. The summed E-state index contributed by atoms with van der Waals surface area (Å²) in [7, 11) is 0. The summed E-state index contributed by atoms with van der Waals surface area (Å²) < 4.78 is 2.12. The number of aromatic nitrogens is 2. The summed E-state index contributed by atoms with van der Waals surface area (Å²) in [5, 5.41) is 7.88. The van der Waals surface area contributed by atoms with Gasteiger partial charge in [-0.15, -0.1) is 0 Å². The zero-order valence-electron chi connectivity index (χ0n) is 12.3. The predicted molar refractivity (Wildman–Crippen MR) is 77.5 cm³/mol. The van der Waals surface area contributed by atoms with Crippen molar-refractivity contribution in [1.82, 2.24) is 15.1 Å². The third kappa shape index (κ3) is 5.67. The second-order valence-electron chi connectivity index (χ2n) is 5.16. The fraction of sp³-hybridized carbons (Fsp3) is 0.800. The highest BCUT2D eigenvalue weighted by molar-refractivity contribution is 5.03. The van der Waals surface area contributed by atoms with E-state index < -0.39 is 0 Å². The average molecular weight is 251 g/mol. The largest absolute Gasteiger partial charge is 0.313 e. The van der Waals surface area contributed by atoms with E-state index in [0.717, 1.165) is 25.6 Å². The molecule has 0 saturated carbocycles. The van der Waals surface area contributed by atoms with Crippen LogP contribution >= 0.6 is 0 Å². The summed E-state index contributed by atoms with van der Waals surface area (Å²) in [5.74, 6) is 0.779. The van der Waals surface area contributed by atoms with Gasteiger partial charge in [-0.3, -0.25) is 4.68 Å². The first-order valence-electron chi connectivity index (χ1n) is 7.52. The predicted octanol–water partition coefficient (Wildman–Crippen LogP) is 3.60. The van der Waals surface area contributed by atoms with Gasteiger partial charge >= 0.3 is 0 Å². The van der Waals surface area contributed by atoms with E-state index in [9.17, 15) is 0 Å². The molecular formula is C15H29N3. The van der Waals surface area contributed by atoms with Crippen LogP contribution in [0, 0.1) is 5.92 Å². The summed E-state index contributed by atoms with van der Waals surface area (Å²) in [6.07, 6.45) is 10.6. The van der Waals surface area contributed by atoms with Gasteiger partial charge in [0.2, 0.25) is 0 Å². The Hall–Kier alpha value is -0.830. The first-order chi connectivity index (χ1) is 8.80. The quantitative estimate of drug-likeness (QED) is 0.644. The van der Waals surface area contributed by atoms with Crippen LogP contribution in [0.3, 0.4) is 0 Å². The maximum absolute atomic E-state index is 4.47. The standard InChI is InChI=1S/C15H29N3/c1-4-7-8-14(6-3)12-18-13-15(11-17-18)10-16-9-5-2/h11,13-14,16H,4-10,12H2,1-3H3. The maximum atomic E-state index is 4.47. The monoisotopic (exact) mass is 251 g/mol. The van der Waals surface area contributed by atoms with Gasteiger partial charge in [0.15, 0.2) is 0 Å². The van der Waals surface area contributed by atoms with Crippen molar-refractivity contribution in [1.29, 1.82) is 0 Å². The Morgan fingerprint density at radius 3 is 2.78 bits per heavy atom. The van der Waals surface area contributed by atoms with E-state index in [1.165, 1.54) is 37.7 Å². The van der Waals surface area contributed by atoms with Crippen molar-refractivity contribution in [3.8, 4) is 0 Å². The highest BCUT2D eigenvalue weighted by Gasteiger charge is 2.07. The van der Waals surface area contributed by atoms with E-state index in [1.807, 2.05) is 6.20 Å². The van der Waals surface area contributed by atoms with E-state index in [-0.39, 0.29) is 0 Å². The topological polar surface area (TPSA) is 29.9 Å². The molecule has 1 atom stereocenters. The number of nitrogens with zero attached hydrogens (tertiary/aromatic N) is 2. The van der Waals surface area contributed by atoms with Crippen LogP contribution in [0.5, 0.6) is 0 Å². The van der Waals surface area contributed by atoms with Gasteiger partial charge in [-0.2, -0.15) is 5.10 Å². The molecule has 0 radical (unpaired) electrons. The SMILES string of the molecule is CCCCC(CC)Cn1cc(CNCCC)cn1. The van der Waals surface area contributed by atoms with Crippen LogP contribution in [0.1, 0.15) is 58.4 Å².